The van der Waals surface area contributed by atoms with Crippen molar-refractivity contribution in [2.45, 2.75) is 71.8 Å². The van der Waals surface area contributed by atoms with Gasteiger partial charge in [0.05, 0.1) is 23.1 Å². The molecule has 1 aromatic heterocycles. The third-order valence-corrected chi connectivity index (χ3v) is 4.47. The lowest BCUT2D eigenvalue weighted by Gasteiger charge is -2.29. The number of aryl methyl sites for hydroxylation is 1. The Labute approximate surface area is 111 Å². The monoisotopic (exact) mass is 249 g/mol. The molecule has 3 nitrogen and oxygen atoms in total. The van der Waals surface area contributed by atoms with Crippen molar-refractivity contribution in [3.05, 3.63) is 11.4 Å². The average molecular weight is 249 g/mol. The zero-order chi connectivity index (χ0) is 13.1. The van der Waals surface area contributed by atoms with Crippen molar-refractivity contribution in [2.24, 2.45) is 5.92 Å². The highest BCUT2D eigenvalue weighted by Crippen LogP contribution is 2.36. The molecule has 0 radical (unpaired) electrons. The molecule has 1 aliphatic rings. The van der Waals surface area contributed by atoms with E-state index in [0.717, 1.165) is 30.1 Å². The summed E-state index contributed by atoms with van der Waals surface area (Å²) in [4.78, 5) is 0. The van der Waals surface area contributed by atoms with Gasteiger partial charge in [-0.1, -0.05) is 40.0 Å². The quantitative estimate of drug-likeness (QED) is 0.883. The van der Waals surface area contributed by atoms with E-state index in [1.165, 1.54) is 37.8 Å². The summed E-state index contributed by atoms with van der Waals surface area (Å²) in [5, 5.41) is 4.78. The normalized spacial score (nSPS) is 24.4. The Morgan fingerprint density at radius 1 is 1.22 bits per heavy atom. The summed E-state index contributed by atoms with van der Waals surface area (Å²) in [7, 11) is 0. The Balaban J connectivity index is 2.26. The van der Waals surface area contributed by atoms with E-state index in [2.05, 4.69) is 25.5 Å². The van der Waals surface area contributed by atoms with Crippen LogP contribution in [-0.4, -0.2) is 9.78 Å². The number of nitrogen functional groups attached to an aromatic ring is 1. The van der Waals surface area contributed by atoms with Crippen LogP contribution in [0.5, 0.6) is 0 Å². The van der Waals surface area contributed by atoms with E-state index in [4.69, 9.17) is 10.8 Å². The molecule has 1 aliphatic carbocycles. The number of hydrogen-bond donors (Lipinski definition) is 1. The van der Waals surface area contributed by atoms with Crippen LogP contribution in [-0.2, 0) is 12.8 Å². The number of nitrogens with two attached hydrogens (primary N) is 1. The Bertz CT molecular complexity index is 395. The molecule has 0 saturated heterocycles. The van der Waals surface area contributed by atoms with Crippen molar-refractivity contribution in [1.82, 2.24) is 9.78 Å². The van der Waals surface area contributed by atoms with Crippen LogP contribution in [0, 0.1) is 5.92 Å². The molecule has 0 aliphatic heterocycles. The standard InChI is InChI=1S/C15H27N3/c1-4-11-8-7-9-12(10-11)18-14(6-3)15(16)13(5-2)17-18/h11-12H,4-10,16H2,1-3H3. The Morgan fingerprint density at radius 2 is 2.00 bits per heavy atom. The van der Waals surface area contributed by atoms with E-state index in [1.807, 2.05) is 0 Å². The van der Waals surface area contributed by atoms with Gasteiger partial charge in [0.2, 0.25) is 0 Å². The van der Waals surface area contributed by atoms with E-state index in [9.17, 15) is 0 Å². The highest BCUT2D eigenvalue weighted by molar-refractivity contribution is 5.48. The minimum Gasteiger partial charge on any atom is -0.396 e. The van der Waals surface area contributed by atoms with Gasteiger partial charge in [0.1, 0.15) is 0 Å². The Morgan fingerprint density at radius 3 is 2.61 bits per heavy atom. The minimum atomic E-state index is 0.584. The van der Waals surface area contributed by atoms with Crippen LogP contribution < -0.4 is 5.73 Å². The first-order chi connectivity index (χ1) is 8.71. The second kappa shape index (κ2) is 5.77. The van der Waals surface area contributed by atoms with Crippen molar-refractivity contribution < 1.29 is 0 Å². The van der Waals surface area contributed by atoms with Crippen molar-refractivity contribution >= 4 is 5.69 Å². The molecule has 1 fully saturated rings. The van der Waals surface area contributed by atoms with Crippen LogP contribution in [0.25, 0.3) is 0 Å². The van der Waals surface area contributed by atoms with Crippen molar-refractivity contribution in [1.29, 1.82) is 0 Å². The molecule has 1 aromatic rings. The predicted octanol–water partition coefficient (Wildman–Crippen LogP) is 3.73. The summed E-state index contributed by atoms with van der Waals surface area (Å²) >= 11 is 0. The van der Waals surface area contributed by atoms with Crippen LogP contribution in [0.15, 0.2) is 0 Å². The van der Waals surface area contributed by atoms with Crippen LogP contribution in [0.4, 0.5) is 5.69 Å². The summed E-state index contributed by atoms with van der Waals surface area (Å²) in [5.74, 6) is 0.879. The lowest BCUT2D eigenvalue weighted by atomic mass is 9.84. The topological polar surface area (TPSA) is 43.8 Å². The molecular formula is C15H27N3. The van der Waals surface area contributed by atoms with Gasteiger partial charge in [-0.3, -0.25) is 4.68 Å². The number of nitrogens with zero attached hydrogens (tertiary/aromatic N) is 2. The third-order valence-electron chi connectivity index (χ3n) is 4.47. The molecule has 2 N–H and O–H groups in total. The predicted molar refractivity (Wildman–Crippen MR) is 76.7 cm³/mol. The lowest BCUT2D eigenvalue weighted by molar-refractivity contribution is 0.243. The summed E-state index contributed by atoms with van der Waals surface area (Å²) in [5.41, 5.74) is 9.51. The second-order valence-corrected chi connectivity index (χ2v) is 5.55. The number of hydrogen-bond acceptors (Lipinski definition) is 2. The van der Waals surface area contributed by atoms with Crippen LogP contribution in [0.3, 0.4) is 0 Å². The van der Waals surface area contributed by atoms with Gasteiger partial charge in [-0.25, -0.2) is 0 Å². The number of aromatic nitrogens is 2. The van der Waals surface area contributed by atoms with Gasteiger partial charge in [0.15, 0.2) is 0 Å². The first-order valence-electron chi connectivity index (χ1n) is 7.56. The zero-order valence-electron chi connectivity index (χ0n) is 12.1. The molecule has 1 saturated carbocycles. The average Bonchev–Trinajstić information content (AvgIpc) is 2.75. The van der Waals surface area contributed by atoms with Gasteiger partial charge in [-0.15, -0.1) is 0 Å². The summed E-state index contributed by atoms with van der Waals surface area (Å²) in [6.45, 7) is 6.63. The zero-order valence-corrected chi connectivity index (χ0v) is 12.1. The number of anilines is 1. The SMILES string of the molecule is CCc1nn(C2CCCC(CC)C2)c(CC)c1N. The Hall–Kier alpha value is -0.990. The van der Waals surface area contributed by atoms with Gasteiger partial charge < -0.3 is 5.73 Å². The third kappa shape index (κ3) is 2.40. The highest BCUT2D eigenvalue weighted by Gasteiger charge is 2.25. The van der Waals surface area contributed by atoms with Crippen LogP contribution in [0.2, 0.25) is 0 Å². The largest absolute Gasteiger partial charge is 0.396 e. The Kier molecular flexibility index (Phi) is 4.31. The summed E-state index contributed by atoms with van der Waals surface area (Å²) < 4.78 is 2.26. The van der Waals surface area contributed by atoms with E-state index in [0.29, 0.717) is 6.04 Å². The molecular weight excluding hydrogens is 222 g/mol. The van der Waals surface area contributed by atoms with Crippen molar-refractivity contribution in [3.63, 3.8) is 0 Å². The molecule has 18 heavy (non-hydrogen) atoms. The molecule has 2 rings (SSSR count). The molecule has 0 bridgehead atoms. The van der Waals surface area contributed by atoms with E-state index in [1.54, 1.807) is 0 Å². The molecule has 0 aromatic carbocycles. The van der Waals surface area contributed by atoms with E-state index >= 15 is 0 Å². The van der Waals surface area contributed by atoms with Crippen LogP contribution in [0.1, 0.15) is 70.3 Å². The van der Waals surface area contributed by atoms with Gasteiger partial charge in [0, 0.05) is 0 Å². The van der Waals surface area contributed by atoms with Crippen molar-refractivity contribution in [3.8, 4) is 0 Å². The molecule has 0 spiro atoms. The van der Waals surface area contributed by atoms with Gasteiger partial charge in [-0.05, 0) is 31.6 Å². The fourth-order valence-corrected chi connectivity index (χ4v) is 3.31. The molecule has 3 heteroatoms. The molecule has 102 valence electrons. The molecule has 1 heterocycles. The minimum absolute atomic E-state index is 0.584. The summed E-state index contributed by atoms with van der Waals surface area (Å²) in [6, 6.07) is 0.584. The fourth-order valence-electron chi connectivity index (χ4n) is 3.31. The maximum Gasteiger partial charge on any atom is 0.0854 e. The van der Waals surface area contributed by atoms with Crippen molar-refractivity contribution in [2.75, 3.05) is 5.73 Å². The first kappa shape index (κ1) is 13.4. The smallest absolute Gasteiger partial charge is 0.0854 e. The maximum atomic E-state index is 6.22. The fraction of sp³-hybridized carbons (Fsp3) is 0.800. The number of rotatable bonds is 4. The first-order valence-corrected chi connectivity index (χ1v) is 7.56. The highest BCUT2D eigenvalue weighted by atomic mass is 15.3. The molecule has 2 atom stereocenters. The van der Waals surface area contributed by atoms with Crippen LogP contribution >= 0.6 is 0 Å². The molecule has 2 unspecified atom stereocenters. The van der Waals surface area contributed by atoms with E-state index in [-0.39, 0.29) is 0 Å². The van der Waals surface area contributed by atoms with Gasteiger partial charge >= 0.3 is 0 Å². The lowest BCUT2D eigenvalue weighted by Crippen LogP contribution is -2.21. The van der Waals surface area contributed by atoms with E-state index < -0.39 is 0 Å². The molecule has 0 amide bonds. The van der Waals surface area contributed by atoms with Gasteiger partial charge in [-0.2, -0.15) is 5.10 Å². The van der Waals surface area contributed by atoms with Gasteiger partial charge in [0.25, 0.3) is 0 Å². The maximum absolute atomic E-state index is 6.22. The summed E-state index contributed by atoms with van der Waals surface area (Å²) in [6.07, 6.45) is 8.53. The second-order valence-electron chi connectivity index (χ2n) is 5.55.